The van der Waals surface area contributed by atoms with Gasteiger partial charge in [-0.25, -0.2) is 4.79 Å². The number of aliphatic carboxylic acids is 1. The number of nitrogens with one attached hydrogen (secondary N) is 1. The van der Waals surface area contributed by atoms with E-state index >= 15 is 0 Å². The van der Waals surface area contributed by atoms with Crippen molar-refractivity contribution < 1.29 is 14.6 Å². The van der Waals surface area contributed by atoms with Gasteiger partial charge >= 0.3 is 5.97 Å². The normalized spacial score (nSPS) is 26.0. The maximum absolute atomic E-state index is 11.9. The molecule has 2 unspecified atom stereocenters. The van der Waals surface area contributed by atoms with Crippen LogP contribution in [-0.2, 0) is 4.79 Å². The highest BCUT2D eigenvalue weighted by Crippen LogP contribution is 2.40. The highest BCUT2D eigenvalue weighted by molar-refractivity contribution is 5.84. The predicted octanol–water partition coefficient (Wildman–Crippen LogP) is 3.53. The third kappa shape index (κ3) is 2.60. The van der Waals surface area contributed by atoms with Crippen LogP contribution in [0.1, 0.15) is 39.0 Å². The van der Waals surface area contributed by atoms with Gasteiger partial charge in [0.25, 0.3) is 0 Å². The average Bonchev–Trinajstić information content (AvgIpc) is 2.48. The Hall–Kier alpha value is -1.71. The van der Waals surface area contributed by atoms with E-state index in [1.807, 2.05) is 24.3 Å². The molecule has 0 amide bonds. The molecule has 1 aliphatic carbocycles. The number of rotatable bonds is 5. The van der Waals surface area contributed by atoms with Gasteiger partial charge in [0, 0.05) is 0 Å². The van der Waals surface area contributed by atoms with Crippen molar-refractivity contribution in [3.8, 4) is 5.75 Å². The number of ether oxygens (including phenoxy) is 1. The molecule has 0 aromatic heterocycles. The molecule has 4 nitrogen and oxygen atoms in total. The summed E-state index contributed by atoms with van der Waals surface area (Å²) in [5, 5.41) is 13.1. The van der Waals surface area contributed by atoms with Crippen molar-refractivity contribution in [1.82, 2.24) is 0 Å². The van der Waals surface area contributed by atoms with Crippen LogP contribution < -0.4 is 10.1 Å². The molecule has 1 fully saturated rings. The summed E-state index contributed by atoms with van der Waals surface area (Å²) < 4.78 is 5.33. The first kappa shape index (κ1) is 14.7. The number of anilines is 1. The van der Waals surface area contributed by atoms with Gasteiger partial charge in [-0.1, -0.05) is 38.3 Å². The predicted molar refractivity (Wildman–Crippen MR) is 79.2 cm³/mol. The van der Waals surface area contributed by atoms with Crippen molar-refractivity contribution in [1.29, 1.82) is 0 Å². The lowest BCUT2D eigenvalue weighted by atomic mass is 9.71. The Bertz CT molecular complexity index is 475. The zero-order valence-corrected chi connectivity index (χ0v) is 12.2. The van der Waals surface area contributed by atoms with E-state index in [0.29, 0.717) is 12.2 Å². The minimum atomic E-state index is -0.873. The molecule has 2 N–H and O–H groups in total. The standard InChI is InChI=1S/C16H23NO3/c1-3-12-8-6-7-11-16(12,15(18)19)17-13-9-4-5-10-14(13)20-2/h4-5,9-10,12,17H,3,6-8,11H2,1-2H3,(H,18,19). The minimum Gasteiger partial charge on any atom is -0.495 e. The quantitative estimate of drug-likeness (QED) is 0.864. The first-order valence-corrected chi connectivity index (χ1v) is 7.28. The lowest BCUT2D eigenvalue weighted by Crippen LogP contribution is -2.54. The molecule has 0 spiro atoms. The highest BCUT2D eigenvalue weighted by atomic mass is 16.5. The fraction of sp³-hybridized carbons (Fsp3) is 0.562. The summed E-state index contributed by atoms with van der Waals surface area (Å²) in [6, 6.07) is 7.51. The van der Waals surface area contributed by atoms with E-state index in [9.17, 15) is 9.90 Å². The number of hydrogen-bond acceptors (Lipinski definition) is 3. The van der Waals surface area contributed by atoms with Crippen molar-refractivity contribution in [3.05, 3.63) is 24.3 Å². The molecule has 1 saturated carbocycles. The third-order valence-corrected chi connectivity index (χ3v) is 4.41. The molecule has 1 aromatic carbocycles. The fourth-order valence-electron chi connectivity index (χ4n) is 3.29. The van der Waals surface area contributed by atoms with Crippen LogP contribution >= 0.6 is 0 Å². The molecule has 0 bridgehead atoms. The van der Waals surface area contributed by atoms with Gasteiger partial charge in [0.15, 0.2) is 0 Å². The van der Waals surface area contributed by atoms with Crippen LogP contribution in [0.3, 0.4) is 0 Å². The summed E-state index contributed by atoms with van der Waals surface area (Å²) in [6.07, 6.45) is 4.56. The van der Waals surface area contributed by atoms with E-state index in [-0.39, 0.29) is 5.92 Å². The van der Waals surface area contributed by atoms with Crippen molar-refractivity contribution in [3.63, 3.8) is 0 Å². The van der Waals surface area contributed by atoms with Crippen molar-refractivity contribution in [2.75, 3.05) is 12.4 Å². The molecule has 0 heterocycles. The SMILES string of the molecule is CCC1CCCCC1(Nc1ccccc1OC)C(=O)O. The van der Waals surface area contributed by atoms with Crippen molar-refractivity contribution in [2.45, 2.75) is 44.6 Å². The van der Waals surface area contributed by atoms with E-state index in [0.717, 1.165) is 31.4 Å². The zero-order valence-electron chi connectivity index (χ0n) is 12.2. The third-order valence-electron chi connectivity index (χ3n) is 4.41. The van der Waals surface area contributed by atoms with Gasteiger partial charge in [-0.3, -0.25) is 0 Å². The zero-order chi connectivity index (χ0) is 14.6. The molecular weight excluding hydrogens is 254 g/mol. The molecule has 110 valence electrons. The highest BCUT2D eigenvalue weighted by Gasteiger charge is 2.46. The molecule has 1 aliphatic rings. The molecule has 0 aliphatic heterocycles. The molecule has 0 saturated heterocycles. The summed E-state index contributed by atoms with van der Waals surface area (Å²) in [5.74, 6) is 0.0853. The summed E-state index contributed by atoms with van der Waals surface area (Å²) in [4.78, 5) is 11.9. The van der Waals surface area contributed by atoms with Gasteiger partial charge in [-0.2, -0.15) is 0 Å². The van der Waals surface area contributed by atoms with E-state index in [2.05, 4.69) is 12.2 Å². The number of carboxylic acid groups (broad SMARTS) is 1. The van der Waals surface area contributed by atoms with Crippen molar-refractivity contribution in [2.24, 2.45) is 5.92 Å². The Balaban J connectivity index is 2.35. The van der Waals surface area contributed by atoms with E-state index < -0.39 is 11.5 Å². The Morgan fingerprint density at radius 3 is 2.85 bits per heavy atom. The number of methoxy groups -OCH3 is 1. The molecule has 4 heteroatoms. The lowest BCUT2D eigenvalue weighted by Gasteiger charge is -2.42. The second-order valence-electron chi connectivity index (χ2n) is 5.45. The number of para-hydroxylation sites is 2. The molecule has 2 rings (SSSR count). The summed E-state index contributed by atoms with van der Waals surface area (Å²) in [5.41, 5.74) is -0.112. The van der Waals surface area contributed by atoms with Gasteiger partial charge in [0.05, 0.1) is 12.8 Å². The molecular formula is C16H23NO3. The van der Waals surface area contributed by atoms with Gasteiger partial charge in [-0.15, -0.1) is 0 Å². The molecule has 20 heavy (non-hydrogen) atoms. The first-order chi connectivity index (χ1) is 9.64. The van der Waals surface area contributed by atoms with Crippen LogP contribution in [0.15, 0.2) is 24.3 Å². The maximum Gasteiger partial charge on any atom is 0.329 e. The number of hydrogen-bond donors (Lipinski definition) is 2. The van der Waals surface area contributed by atoms with Crippen LogP contribution in [0.25, 0.3) is 0 Å². The summed E-state index contributed by atoms with van der Waals surface area (Å²) in [6.45, 7) is 2.07. The second-order valence-corrected chi connectivity index (χ2v) is 5.45. The Kier molecular flexibility index (Phi) is 4.53. The summed E-state index contributed by atoms with van der Waals surface area (Å²) in [7, 11) is 1.60. The number of benzene rings is 1. The lowest BCUT2D eigenvalue weighted by molar-refractivity contribution is -0.145. The largest absolute Gasteiger partial charge is 0.495 e. The first-order valence-electron chi connectivity index (χ1n) is 7.28. The van der Waals surface area contributed by atoms with E-state index in [1.54, 1.807) is 7.11 Å². The van der Waals surface area contributed by atoms with Gasteiger partial charge < -0.3 is 15.2 Å². The van der Waals surface area contributed by atoms with Crippen molar-refractivity contribution >= 4 is 11.7 Å². The van der Waals surface area contributed by atoms with Gasteiger partial charge in [-0.05, 0) is 30.9 Å². The molecule has 2 atom stereocenters. The van der Waals surface area contributed by atoms with Gasteiger partial charge in [0.2, 0.25) is 0 Å². The number of carboxylic acids is 1. The Labute approximate surface area is 120 Å². The van der Waals surface area contributed by atoms with Crippen LogP contribution in [0, 0.1) is 5.92 Å². The summed E-state index contributed by atoms with van der Waals surface area (Å²) >= 11 is 0. The maximum atomic E-state index is 11.9. The number of carbonyl (C=O) groups is 1. The monoisotopic (exact) mass is 277 g/mol. The smallest absolute Gasteiger partial charge is 0.329 e. The second kappa shape index (κ2) is 6.16. The van der Waals surface area contributed by atoms with E-state index in [1.165, 1.54) is 0 Å². The molecule has 1 aromatic rings. The Morgan fingerprint density at radius 2 is 2.20 bits per heavy atom. The van der Waals surface area contributed by atoms with Crippen LogP contribution in [0.4, 0.5) is 5.69 Å². The molecule has 0 radical (unpaired) electrons. The fourth-order valence-corrected chi connectivity index (χ4v) is 3.29. The van der Waals surface area contributed by atoms with Crippen LogP contribution in [-0.4, -0.2) is 23.7 Å². The minimum absolute atomic E-state index is 0.152. The Morgan fingerprint density at radius 1 is 1.45 bits per heavy atom. The van der Waals surface area contributed by atoms with Gasteiger partial charge in [0.1, 0.15) is 11.3 Å². The average molecular weight is 277 g/mol. The van der Waals surface area contributed by atoms with E-state index in [4.69, 9.17) is 4.74 Å². The van der Waals surface area contributed by atoms with Crippen LogP contribution in [0.2, 0.25) is 0 Å². The van der Waals surface area contributed by atoms with Crippen LogP contribution in [0.5, 0.6) is 5.75 Å². The topological polar surface area (TPSA) is 58.6 Å².